The summed E-state index contributed by atoms with van der Waals surface area (Å²) < 4.78 is 12.8. The lowest BCUT2D eigenvalue weighted by molar-refractivity contribution is 0.251. The Morgan fingerprint density at radius 2 is 1.77 bits per heavy atom. The maximum Gasteiger partial charge on any atom is 0.319 e. The zero-order valence-electron chi connectivity index (χ0n) is 12.7. The average Bonchev–Trinajstić information content (AvgIpc) is 2.55. The van der Waals surface area contributed by atoms with Gasteiger partial charge in [-0.15, -0.1) is 0 Å². The first-order valence-electron chi connectivity index (χ1n) is 7.14. The minimum absolute atomic E-state index is 0.140. The Morgan fingerprint density at radius 3 is 2.41 bits per heavy atom. The van der Waals surface area contributed by atoms with E-state index in [1.807, 2.05) is 44.3 Å². The number of para-hydroxylation sites is 1. The Morgan fingerprint density at radius 1 is 1.14 bits per heavy atom. The molecular formula is C17H20FN3O. The molecule has 0 saturated carbocycles. The van der Waals surface area contributed by atoms with Gasteiger partial charge in [0.2, 0.25) is 0 Å². The van der Waals surface area contributed by atoms with Crippen LogP contribution in [0.25, 0.3) is 0 Å². The summed E-state index contributed by atoms with van der Waals surface area (Å²) in [6.07, 6.45) is 0. The van der Waals surface area contributed by atoms with Crippen LogP contribution in [0, 0.1) is 5.82 Å². The van der Waals surface area contributed by atoms with E-state index in [0.29, 0.717) is 12.2 Å². The number of hydrogen-bond donors (Lipinski definition) is 2. The highest BCUT2D eigenvalue weighted by atomic mass is 19.1. The quantitative estimate of drug-likeness (QED) is 0.888. The number of carbonyl (C=O) groups is 1. The van der Waals surface area contributed by atoms with E-state index in [1.54, 1.807) is 0 Å². The molecule has 22 heavy (non-hydrogen) atoms. The van der Waals surface area contributed by atoms with Crippen LogP contribution in [-0.2, 0) is 0 Å². The van der Waals surface area contributed by atoms with Gasteiger partial charge in [-0.25, -0.2) is 9.18 Å². The van der Waals surface area contributed by atoms with Gasteiger partial charge in [0.15, 0.2) is 0 Å². The maximum absolute atomic E-state index is 12.8. The van der Waals surface area contributed by atoms with E-state index in [1.165, 1.54) is 24.3 Å². The molecule has 0 fully saturated rings. The summed E-state index contributed by atoms with van der Waals surface area (Å²) in [5.41, 5.74) is 1.65. The van der Waals surface area contributed by atoms with Crippen LogP contribution in [0.5, 0.6) is 0 Å². The van der Waals surface area contributed by atoms with Crippen LogP contribution in [0.15, 0.2) is 54.6 Å². The van der Waals surface area contributed by atoms with Crippen molar-refractivity contribution < 1.29 is 9.18 Å². The number of amides is 2. The number of urea groups is 1. The monoisotopic (exact) mass is 301 g/mol. The molecule has 2 aromatic rings. The van der Waals surface area contributed by atoms with Crippen molar-refractivity contribution in [2.45, 2.75) is 13.0 Å². The van der Waals surface area contributed by atoms with Gasteiger partial charge in [0.25, 0.3) is 0 Å². The molecule has 2 N–H and O–H groups in total. The molecular weight excluding hydrogens is 281 g/mol. The fourth-order valence-electron chi connectivity index (χ4n) is 2.00. The maximum atomic E-state index is 12.8. The molecule has 1 atom stereocenters. The minimum atomic E-state index is -0.330. The first-order chi connectivity index (χ1) is 10.6. The van der Waals surface area contributed by atoms with Crippen molar-refractivity contribution in [2.24, 2.45) is 0 Å². The molecule has 2 rings (SSSR count). The number of rotatable bonds is 5. The summed E-state index contributed by atoms with van der Waals surface area (Å²) in [7, 11) is 1.99. The summed E-state index contributed by atoms with van der Waals surface area (Å²) in [4.78, 5) is 13.9. The summed E-state index contributed by atoms with van der Waals surface area (Å²) in [5, 5.41) is 5.48. The molecule has 2 amide bonds. The highest BCUT2D eigenvalue weighted by Gasteiger charge is 2.11. The van der Waals surface area contributed by atoms with Crippen molar-refractivity contribution in [3.8, 4) is 0 Å². The molecule has 0 unspecified atom stereocenters. The highest BCUT2D eigenvalue weighted by Crippen LogP contribution is 2.13. The van der Waals surface area contributed by atoms with Gasteiger partial charge in [-0.05, 0) is 43.3 Å². The number of likely N-dealkylation sites (N-methyl/N-ethyl adjacent to an activating group) is 1. The molecule has 0 aromatic heterocycles. The lowest BCUT2D eigenvalue weighted by Crippen LogP contribution is -2.41. The molecule has 0 spiro atoms. The van der Waals surface area contributed by atoms with Gasteiger partial charge >= 0.3 is 6.03 Å². The molecule has 0 aliphatic carbocycles. The SMILES string of the molecule is C[C@H](CNC(=O)Nc1ccc(F)cc1)N(C)c1ccccc1. The molecule has 0 bridgehead atoms. The summed E-state index contributed by atoms with van der Waals surface area (Å²) in [5.74, 6) is -0.330. The van der Waals surface area contributed by atoms with E-state index in [-0.39, 0.29) is 17.9 Å². The van der Waals surface area contributed by atoms with Crippen LogP contribution >= 0.6 is 0 Å². The normalized spacial score (nSPS) is 11.6. The summed E-state index contributed by atoms with van der Waals surface area (Å²) >= 11 is 0. The largest absolute Gasteiger partial charge is 0.370 e. The fourth-order valence-corrected chi connectivity index (χ4v) is 2.00. The second-order valence-electron chi connectivity index (χ2n) is 5.14. The van der Waals surface area contributed by atoms with Gasteiger partial charge in [0, 0.05) is 31.0 Å². The highest BCUT2D eigenvalue weighted by molar-refractivity contribution is 5.89. The number of halogens is 1. The van der Waals surface area contributed by atoms with Crippen LogP contribution in [0.1, 0.15) is 6.92 Å². The third kappa shape index (κ3) is 4.48. The van der Waals surface area contributed by atoms with Crippen LogP contribution in [0.4, 0.5) is 20.6 Å². The van der Waals surface area contributed by atoms with Crippen molar-refractivity contribution in [1.29, 1.82) is 0 Å². The van der Waals surface area contributed by atoms with Crippen molar-refractivity contribution in [1.82, 2.24) is 5.32 Å². The van der Waals surface area contributed by atoms with Crippen LogP contribution in [0.3, 0.4) is 0 Å². The summed E-state index contributed by atoms with van der Waals surface area (Å²) in [6, 6.07) is 15.5. The van der Waals surface area contributed by atoms with Crippen molar-refractivity contribution in [2.75, 3.05) is 23.8 Å². The number of nitrogens with zero attached hydrogens (tertiary/aromatic N) is 1. The van der Waals surface area contributed by atoms with E-state index in [2.05, 4.69) is 15.5 Å². The molecule has 5 heteroatoms. The van der Waals surface area contributed by atoms with Crippen LogP contribution in [0.2, 0.25) is 0 Å². The number of benzene rings is 2. The van der Waals surface area contributed by atoms with Crippen LogP contribution in [-0.4, -0.2) is 25.7 Å². The minimum Gasteiger partial charge on any atom is -0.370 e. The van der Waals surface area contributed by atoms with Gasteiger partial charge in [-0.1, -0.05) is 18.2 Å². The Bertz CT molecular complexity index is 601. The molecule has 0 aliphatic rings. The standard InChI is InChI=1S/C17H20FN3O/c1-13(21(2)16-6-4-3-5-7-16)12-19-17(22)20-15-10-8-14(18)9-11-15/h3-11,13H,12H2,1-2H3,(H2,19,20,22)/t13-/m1/s1. The zero-order chi connectivity index (χ0) is 15.9. The molecule has 0 heterocycles. The first kappa shape index (κ1) is 15.8. The van der Waals surface area contributed by atoms with Gasteiger partial charge in [-0.3, -0.25) is 0 Å². The number of carbonyl (C=O) groups excluding carboxylic acids is 1. The number of hydrogen-bond acceptors (Lipinski definition) is 2. The Hall–Kier alpha value is -2.56. The molecule has 2 aromatic carbocycles. The third-order valence-electron chi connectivity index (χ3n) is 3.48. The fraction of sp³-hybridized carbons (Fsp3) is 0.235. The van der Waals surface area contributed by atoms with E-state index in [9.17, 15) is 9.18 Å². The van der Waals surface area contributed by atoms with Gasteiger partial charge < -0.3 is 15.5 Å². The van der Waals surface area contributed by atoms with E-state index < -0.39 is 0 Å². The average molecular weight is 301 g/mol. The molecule has 0 saturated heterocycles. The second kappa shape index (κ2) is 7.45. The smallest absolute Gasteiger partial charge is 0.319 e. The Kier molecular flexibility index (Phi) is 5.36. The van der Waals surface area contributed by atoms with Crippen molar-refractivity contribution in [3.63, 3.8) is 0 Å². The van der Waals surface area contributed by atoms with E-state index in [0.717, 1.165) is 5.69 Å². The van der Waals surface area contributed by atoms with Crippen molar-refractivity contribution >= 4 is 17.4 Å². The van der Waals surface area contributed by atoms with Gasteiger partial charge in [0.05, 0.1) is 0 Å². The second-order valence-corrected chi connectivity index (χ2v) is 5.14. The Balaban J connectivity index is 1.81. The van der Waals surface area contributed by atoms with Crippen LogP contribution < -0.4 is 15.5 Å². The van der Waals surface area contributed by atoms with Crippen molar-refractivity contribution in [3.05, 3.63) is 60.4 Å². The predicted molar refractivity (Wildman–Crippen MR) is 87.7 cm³/mol. The zero-order valence-corrected chi connectivity index (χ0v) is 12.7. The van der Waals surface area contributed by atoms with Gasteiger partial charge in [0.1, 0.15) is 5.82 Å². The Labute approximate surface area is 129 Å². The topological polar surface area (TPSA) is 44.4 Å². The number of anilines is 2. The molecule has 4 nitrogen and oxygen atoms in total. The number of nitrogens with one attached hydrogen (secondary N) is 2. The molecule has 116 valence electrons. The van der Waals surface area contributed by atoms with E-state index in [4.69, 9.17) is 0 Å². The molecule has 0 aliphatic heterocycles. The lowest BCUT2D eigenvalue weighted by Gasteiger charge is -2.27. The van der Waals surface area contributed by atoms with Gasteiger partial charge in [-0.2, -0.15) is 0 Å². The molecule has 0 radical (unpaired) electrons. The third-order valence-corrected chi connectivity index (χ3v) is 3.48. The first-order valence-corrected chi connectivity index (χ1v) is 7.14. The van der Waals surface area contributed by atoms with E-state index >= 15 is 0 Å². The predicted octanol–water partition coefficient (Wildman–Crippen LogP) is 3.47. The summed E-state index contributed by atoms with van der Waals surface area (Å²) in [6.45, 7) is 2.53. The lowest BCUT2D eigenvalue weighted by atomic mass is 10.2.